The number of rotatable bonds is 2. The standard InChI is InChI=1S/C10H14ClNOS/c11-8-3-6-14-10(8)9(12)7-1-4-13-5-2-7/h3,6-7,9H,1-2,4-5,12H2. The van der Waals surface area contributed by atoms with Crippen LogP contribution in [0.3, 0.4) is 0 Å². The van der Waals surface area contributed by atoms with E-state index in [-0.39, 0.29) is 6.04 Å². The highest BCUT2D eigenvalue weighted by Crippen LogP contribution is 2.35. The molecule has 4 heteroatoms. The van der Waals surface area contributed by atoms with E-state index in [1.165, 1.54) is 0 Å². The van der Waals surface area contributed by atoms with Gasteiger partial charge in [0.1, 0.15) is 0 Å². The normalized spacial score (nSPS) is 21.0. The van der Waals surface area contributed by atoms with E-state index in [4.69, 9.17) is 22.1 Å². The molecule has 0 radical (unpaired) electrons. The molecule has 1 aliphatic rings. The quantitative estimate of drug-likeness (QED) is 0.850. The maximum absolute atomic E-state index is 6.19. The summed E-state index contributed by atoms with van der Waals surface area (Å²) < 4.78 is 5.31. The summed E-state index contributed by atoms with van der Waals surface area (Å²) in [7, 11) is 0. The topological polar surface area (TPSA) is 35.2 Å². The highest BCUT2D eigenvalue weighted by Gasteiger charge is 2.24. The van der Waals surface area contributed by atoms with Crippen molar-refractivity contribution in [2.24, 2.45) is 11.7 Å². The Morgan fingerprint density at radius 3 is 2.79 bits per heavy atom. The van der Waals surface area contributed by atoms with Gasteiger partial charge in [0, 0.05) is 24.1 Å². The first-order valence-electron chi connectivity index (χ1n) is 4.85. The molecule has 1 aliphatic heterocycles. The van der Waals surface area contributed by atoms with Gasteiger partial charge in [0.2, 0.25) is 0 Å². The van der Waals surface area contributed by atoms with Gasteiger partial charge in [-0.3, -0.25) is 0 Å². The Balaban J connectivity index is 2.07. The van der Waals surface area contributed by atoms with Crippen molar-refractivity contribution in [2.75, 3.05) is 13.2 Å². The maximum atomic E-state index is 6.19. The van der Waals surface area contributed by atoms with Crippen LogP contribution in [0.4, 0.5) is 0 Å². The van der Waals surface area contributed by atoms with E-state index >= 15 is 0 Å². The van der Waals surface area contributed by atoms with Crippen molar-refractivity contribution in [3.8, 4) is 0 Å². The first-order chi connectivity index (χ1) is 6.79. The molecule has 2 rings (SSSR count). The van der Waals surface area contributed by atoms with E-state index in [1.807, 2.05) is 11.4 Å². The zero-order valence-electron chi connectivity index (χ0n) is 7.91. The van der Waals surface area contributed by atoms with Crippen LogP contribution in [0.5, 0.6) is 0 Å². The van der Waals surface area contributed by atoms with Crippen molar-refractivity contribution >= 4 is 22.9 Å². The average Bonchev–Trinajstić information content (AvgIpc) is 2.65. The molecule has 0 saturated carbocycles. The van der Waals surface area contributed by atoms with Crippen molar-refractivity contribution in [3.63, 3.8) is 0 Å². The summed E-state index contributed by atoms with van der Waals surface area (Å²) in [4.78, 5) is 1.12. The Hall–Kier alpha value is -0.0900. The highest BCUT2D eigenvalue weighted by atomic mass is 35.5. The van der Waals surface area contributed by atoms with Gasteiger partial charge in [-0.05, 0) is 30.2 Å². The second-order valence-corrected chi connectivity index (χ2v) is 4.96. The third kappa shape index (κ3) is 2.11. The lowest BCUT2D eigenvalue weighted by Crippen LogP contribution is -2.26. The van der Waals surface area contributed by atoms with Crippen LogP contribution >= 0.6 is 22.9 Å². The van der Waals surface area contributed by atoms with Crippen molar-refractivity contribution in [1.29, 1.82) is 0 Å². The lowest BCUT2D eigenvalue weighted by Gasteiger charge is -2.27. The lowest BCUT2D eigenvalue weighted by molar-refractivity contribution is 0.0587. The molecule has 0 amide bonds. The average molecular weight is 232 g/mol. The number of hydrogen-bond acceptors (Lipinski definition) is 3. The van der Waals surface area contributed by atoms with Crippen molar-refractivity contribution in [3.05, 3.63) is 21.3 Å². The Labute approximate surface area is 93.0 Å². The summed E-state index contributed by atoms with van der Waals surface area (Å²) in [5.41, 5.74) is 6.19. The van der Waals surface area contributed by atoms with Crippen LogP contribution in [0.1, 0.15) is 23.8 Å². The Kier molecular flexibility index (Phi) is 3.44. The number of halogens is 1. The van der Waals surface area contributed by atoms with Gasteiger partial charge in [-0.1, -0.05) is 11.6 Å². The largest absolute Gasteiger partial charge is 0.381 e. The van der Waals surface area contributed by atoms with Gasteiger partial charge in [0.25, 0.3) is 0 Å². The summed E-state index contributed by atoms with van der Waals surface area (Å²) >= 11 is 7.71. The first kappa shape index (κ1) is 10.4. The summed E-state index contributed by atoms with van der Waals surface area (Å²) in [6, 6.07) is 2.01. The fourth-order valence-corrected chi connectivity index (χ4v) is 3.11. The number of thiophene rings is 1. The molecule has 0 aromatic carbocycles. The molecular formula is C10H14ClNOS. The minimum atomic E-state index is 0.0893. The zero-order chi connectivity index (χ0) is 9.97. The van der Waals surface area contributed by atoms with E-state index in [0.29, 0.717) is 5.92 Å². The fraction of sp³-hybridized carbons (Fsp3) is 0.600. The Morgan fingerprint density at radius 1 is 1.50 bits per heavy atom. The number of nitrogens with two attached hydrogens (primary N) is 1. The van der Waals surface area contributed by atoms with Gasteiger partial charge in [0.05, 0.1) is 5.02 Å². The van der Waals surface area contributed by atoms with Gasteiger partial charge in [0.15, 0.2) is 0 Å². The molecular weight excluding hydrogens is 218 g/mol. The fourth-order valence-electron chi connectivity index (χ4n) is 1.83. The Bertz CT molecular complexity index is 296. The first-order valence-corrected chi connectivity index (χ1v) is 6.11. The minimum absolute atomic E-state index is 0.0893. The van der Waals surface area contributed by atoms with Crippen LogP contribution < -0.4 is 5.73 Å². The lowest BCUT2D eigenvalue weighted by atomic mass is 9.91. The molecule has 1 unspecified atom stereocenters. The minimum Gasteiger partial charge on any atom is -0.381 e. The van der Waals surface area contributed by atoms with E-state index in [9.17, 15) is 0 Å². The number of ether oxygens (including phenoxy) is 1. The van der Waals surface area contributed by atoms with Gasteiger partial charge >= 0.3 is 0 Å². The molecule has 2 N–H and O–H groups in total. The predicted molar refractivity (Wildman–Crippen MR) is 59.8 cm³/mol. The van der Waals surface area contributed by atoms with Gasteiger partial charge in [-0.2, -0.15) is 0 Å². The van der Waals surface area contributed by atoms with Crippen LogP contribution in [0.25, 0.3) is 0 Å². The SMILES string of the molecule is NC(c1sccc1Cl)C1CCOCC1. The second-order valence-electron chi connectivity index (χ2n) is 3.61. The smallest absolute Gasteiger partial charge is 0.0561 e. The molecule has 0 aliphatic carbocycles. The third-order valence-corrected chi connectivity index (χ3v) is 4.18. The molecule has 0 spiro atoms. The summed E-state index contributed by atoms with van der Waals surface area (Å²) in [6.07, 6.45) is 2.10. The Morgan fingerprint density at radius 2 is 2.21 bits per heavy atom. The van der Waals surface area contributed by atoms with Crippen LogP contribution in [0, 0.1) is 5.92 Å². The van der Waals surface area contributed by atoms with Crippen LogP contribution in [-0.4, -0.2) is 13.2 Å². The summed E-state index contributed by atoms with van der Waals surface area (Å²) in [5, 5.41) is 2.81. The van der Waals surface area contributed by atoms with Crippen molar-refractivity contribution in [1.82, 2.24) is 0 Å². The van der Waals surface area contributed by atoms with E-state index in [0.717, 1.165) is 36.0 Å². The van der Waals surface area contributed by atoms with Crippen molar-refractivity contribution < 1.29 is 4.74 Å². The second kappa shape index (κ2) is 4.62. The molecule has 1 atom stereocenters. The molecule has 0 bridgehead atoms. The highest BCUT2D eigenvalue weighted by molar-refractivity contribution is 7.10. The van der Waals surface area contributed by atoms with E-state index in [2.05, 4.69) is 0 Å². The molecule has 1 aromatic rings. The maximum Gasteiger partial charge on any atom is 0.0561 e. The summed E-state index contributed by atoms with van der Waals surface area (Å²) in [6.45, 7) is 1.67. The molecule has 1 fully saturated rings. The van der Waals surface area contributed by atoms with Crippen LogP contribution in [0.2, 0.25) is 5.02 Å². The van der Waals surface area contributed by atoms with Crippen LogP contribution in [0.15, 0.2) is 11.4 Å². The molecule has 2 nitrogen and oxygen atoms in total. The molecule has 2 heterocycles. The third-order valence-electron chi connectivity index (χ3n) is 2.72. The van der Waals surface area contributed by atoms with Gasteiger partial charge in [-0.25, -0.2) is 0 Å². The van der Waals surface area contributed by atoms with Crippen molar-refractivity contribution in [2.45, 2.75) is 18.9 Å². The molecule has 1 saturated heterocycles. The predicted octanol–water partition coefficient (Wildman–Crippen LogP) is 2.83. The monoisotopic (exact) mass is 231 g/mol. The molecule has 14 heavy (non-hydrogen) atoms. The van der Waals surface area contributed by atoms with E-state index in [1.54, 1.807) is 11.3 Å². The number of hydrogen-bond donors (Lipinski definition) is 1. The van der Waals surface area contributed by atoms with E-state index < -0.39 is 0 Å². The van der Waals surface area contributed by atoms with Crippen LogP contribution in [-0.2, 0) is 4.74 Å². The summed E-state index contributed by atoms with van der Waals surface area (Å²) in [5.74, 6) is 0.528. The van der Waals surface area contributed by atoms with Gasteiger partial charge < -0.3 is 10.5 Å². The van der Waals surface area contributed by atoms with Gasteiger partial charge in [-0.15, -0.1) is 11.3 Å². The zero-order valence-corrected chi connectivity index (χ0v) is 9.48. The molecule has 78 valence electrons. The molecule has 1 aromatic heterocycles.